The first-order valence-electron chi connectivity index (χ1n) is 11.1. The molecule has 176 valence electrons. The second-order valence-corrected chi connectivity index (χ2v) is 8.44. The van der Waals surface area contributed by atoms with Crippen LogP contribution in [0.2, 0.25) is 0 Å². The Balaban J connectivity index is 1.66. The van der Waals surface area contributed by atoms with Crippen LogP contribution in [0.25, 0.3) is 5.82 Å². The maximum absolute atomic E-state index is 11.8. The largest absolute Gasteiger partial charge is 0.495 e. The molecular formula is C26H24N6O2S. The van der Waals surface area contributed by atoms with Crippen molar-refractivity contribution in [3.63, 3.8) is 0 Å². The van der Waals surface area contributed by atoms with Crippen LogP contribution in [0.4, 0.5) is 11.4 Å². The third kappa shape index (κ3) is 4.33. The molecule has 35 heavy (non-hydrogen) atoms. The summed E-state index contributed by atoms with van der Waals surface area (Å²) in [6.07, 6.45) is 5.54. The Morgan fingerprint density at radius 1 is 1.06 bits per heavy atom. The first-order chi connectivity index (χ1) is 17.1. The summed E-state index contributed by atoms with van der Waals surface area (Å²) in [6, 6.07) is 20.9. The van der Waals surface area contributed by atoms with Crippen LogP contribution in [0, 0.1) is 0 Å². The van der Waals surface area contributed by atoms with E-state index in [2.05, 4.69) is 31.2 Å². The molecule has 3 aromatic heterocycles. The highest BCUT2D eigenvalue weighted by Crippen LogP contribution is 2.43. The van der Waals surface area contributed by atoms with E-state index < -0.39 is 0 Å². The summed E-state index contributed by atoms with van der Waals surface area (Å²) in [6.45, 7) is 1.47. The molecule has 1 aromatic carbocycles. The van der Waals surface area contributed by atoms with Crippen LogP contribution >= 0.6 is 12.2 Å². The summed E-state index contributed by atoms with van der Waals surface area (Å²) in [5.41, 5.74) is 3.24. The molecule has 1 saturated heterocycles. The summed E-state index contributed by atoms with van der Waals surface area (Å²) in [5.74, 6) is 1.19. The molecule has 0 spiro atoms. The highest BCUT2D eigenvalue weighted by atomic mass is 32.1. The van der Waals surface area contributed by atoms with Gasteiger partial charge >= 0.3 is 0 Å². The SMILES string of the molecule is COc1ccc(N2C(=S)NC(c3ccccn3)C2c2cccn2-c2ccccn2)cc1NC(C)=O. The van der Waals surface area contributed by atoms with E-state index >= 15 is 0 Å². The van der Waals surface area contributed by atoms with E-state index in [-0.39, 0.29) is 18.0 Å². The fraction of sp³-hybridized carbons (Fsp3) is 0.154. The molecule has 0 bridgehead atoms. The van der Waals surface area contributed by atoms with Gasteiger partial charge < -0.3 is 24.8 Å². The average Bonchev–Trinajstić information content (AvgIpc) is 3.49. The second kappa shape index (κ2) is 9.55. The number of aromatic nitrogens is 3. The molecular weight excluding hydrogens is 460 g/mol. The first-order valence-corrected chi connectivity index (χ1v) is 11.5. The van der Waals surface area contributed by atoms with Gasteiger partial charge in [-0.25, -0.2) is 4.98 Å². The number of thiocarbonyl (C=S) groups is 1. The van der Waals surface area contributed by atoms with Crippen molar-refractivity contribution in [3.05, 3.63) is 96.7 Å². The monoisotopic (exact) mass is 484 g/mol. The Morgan fingerprint density at radius 2 is 1.86 bits per heavy atom. The van der Waals surface area contributed by atoms with Gasteiger partial charge in [0.25, 0.3) is 0 Å². The number of anilines is 2. The van der Waals surface area contributed by atoms with Crippen LogP contribution in [0.5, 0.6) is 5.75 Å². The van der Waals surface area contributed by atoms with Crippen molar-refractivity contribution >= 4 is 34.6 Å². The van der Waals surface area contributed by atoms with Crippen molar-refractivity contribution in [3.8, 4) is 11.6 Å². The Hall–Kier alpha value is -4.24. The van der Waals surface area contributed by atoms with Crippen molar-refractivity contribution in [1.82, 2.24) is 19.9 Å². The third-order valence-corrected chi connectivity index (χ3v) is 6.16. The topological polar surface area (TPSA) is 84.3 Å². The van der Waals surface area contributed by atoms with E-state index in [4.69, 9.17) is 17.0 Å². The normalized spacial score (nSPS) is 17.2. The zero-order valence-corrected chi connectivity index (χ0v) is 20.1. The molecule has 1 aliphatic heterocycles. The van der Waals surface area contributed by atoms with E-state index in [1.165, 1.54) is 6.92 Å². The molecule has 4 heterocycles. The number of nitrogens with one attached hydrogen (secondary N) is 2. The molecule has 5 rings (SSSR count). The van der Waals surface area contributed by atoms with Crippen molar-refractivity contribution in [2.75, 3.05) is 17.3 Å². The standard InChI is InChI=1S/C26H24N6O2S/c1-17(33)29-20-16-18(11-12-22(20)34-2)32-25(24(30-26(32)35)19-8-3-5-13-27-19)21-9-7-15-31(21)23-10-4-6-14-28-23/h3-16,24-25H,1-2H3,(H,29,33)(H,30,35). The van der Waals surface area contributed by atoms with Crippen LogP contribution in [0.15, 0.2) is 85.3 Å². The van der Waals surface area contributed by atoms with Crippen molar-refractivity contribution < 1.29 is 9.53 Å². The molecule has 4 aromatic rings. The number of hydrogen-bond acceptors (Lipinski definition) is 5. The van der Waals surface area contributed by atoms with Gasteiger partial charge in [0.05, 0.1) is 24.5 Å². The van der Waals surface area contributed by atoms with Crippen LogP contribution in [-0.2, 0) is 4.79 Å². The highest BCUT2D eigenvalue weighted by molar-refractivity contribution is 7.80. The Labute approximate surface area is 208 Å². The van der Waals surface area contributed by atoms with E-state index in [0.717, 1.165) is 22.9 Å². The number of hydrogen-bond donors (Lipinski definition) is 2. The molecule has 0 saturated carbocycles. The Kier molecular flexibility index (Phi) is 6.15. The predicted octanol–water partition coefficient (Wildman–Crippen LogP) is 4.41. The van der Waals surface area contributed by atoms with Gasteiger partial charge in [-0.05, 0) is 66.8 Å². The first kappa shape index (κ1) is 22.5. The van der Waals surface area contributed by atoms with Gasteiger partial charge in [-0.15, -0.1) is 0 Å². The predicted molar refractivity (Wildman–Crippen MR) is 139 cm³/mol. The molecule has 0 aliphatic carbocycles. The summed E-state index contributed by atoms with van der Waals surface area (Å²) >= 11 is 5.85. The molecule has 1 aliphatic rings. The molecule has 0 radical (unpaired) electrons. The number of amides is 1. The van der Waals surface area contributed by atoms with Crippen LogP contribution < -0.4 is 20.3 Å². The van der Waals surface area contributed by atoms with Crippen molar-refractivity contribution in [2.45, 2.75) is 19.0 Å². The average molecular weight is 485 g/mol. The minimum atomic E-state index is -0.243. The van der Waals surface area contributed by atoms with E-state index in [1.807, 2.05) is 71.8 Å². The van der Waals surface area contributed by atoms with Gasteiger partial charge in [0.15, 0.2) is 5.11 Å². The third-order valence-electron chi connectivity index (χ3n) is 5.85. The van der Waals surface area contributed by atoms with Gasteiger partial charge in [0, 0.05) is 36.9 Å². The molecule has 1 amide bonds. The number of benzene rings is 1. The Bertz CT molecular complexity index is 1360. The van der Waals surface area contributed by atoms with Gasteiger partial charge in [-0.1, -0.05) is 12.1 Å². The molecule has 2 N–H and O–H groups in total. The second-order valence-electron chi connectivity index (χ2n) is 8.05. The number of nitrogens with zero attached hydrogens (tertiary/aromatic N) is 4. The molecule has 2 atom stereocenters. The summed E-state index contributed by atoms with van der Waals surface area (Å²) < 4.78 is 7.51. The molecule has 1 fully saturated rings. The van der Waals surface area contributed by atoms with Crippen LogP contribution in [0.3, 0.4) is 0 Å². The molecule has 8 nitrogen and oxygen atoms in total. The zero-order chi connectivity index (χ0) is 24.4. The number of ether oxygens (including phenoxy) is 1. The number of rotatable bonds is 6. The summed E-state index contributed by atoms with van der Waals surface area (Å²) in [5, 5.41) is 6.87. The lowest BCUT2D eigenvalue weighted by Crippen LogP contribution is -2.30. The van der Waals surface area contributed by atoms with E-state index in [1.54, 1.807) is 19.5 Å². The maximum atomic E-state index is 11.8. The minimum Gasteiger partial charge on any atom is -0.495 e. The maximum Gasteiger partial charge on any atom is 0.221 e. The van der Waals surface area contributed by atoms with E-state index in [9.17, 15) is 4.79 Å². The van der Waals surface area contributed by atoms with Gasteiger partial charge in [0.2, 0.25) is 5.91 Å². The fourth-order valence-corrected chi connectivity index (χ4v) is 4.75. The lowest BCUT2D eigenvalue weighted by atomic mass is 10.0. The fourth-order valence-electron chi connectivity index (χ4n) is 4.41. The van der Waals surface area contributed by atoms with Crippen molar-refractivity contribution in [2.24, 2.45) is 0 Å². The quantitative estimate of drug-likeness (QED) is 0.392. The van der Waals surface area contributed by atoms with Gasteiger partial charge in [-0.2, -0.15) is 0 Å². The lowest BCUT2D eigenvalue weighted by Gasteiger charge is -2.29. The van der Waals surface area contributed by atoms with Gasteiger partial charge in [-0.3, -0.25) is 9.78 Å². The van der Waals surface area contributed by atoms with Crippen LogP contribution in [0.1, 0.15) is 30.4 Å². The van der Waals surface area contributed by atoms with Crippen LogP contribution in [-0.4, -0.2) is 32.7 Å². The zero-order valence-electron chi connectivity index (χ0n) is 19.3. The number of pyridine rings is 2. The van der Waals surface area contributed by atoms with Gasteiger partial charge in [0.1, 0.15) is 17.6 Å². The number of carbonyl (C=O) groups excluding carboxylic acids is 1. The summed E-state index contributed by atoms with van der Waals surface area (Å²) in [7, 11) is 1.57. The molecule has 9 heteroatoms. The van der Waals surface area contributed by atoms with Crippen molar-refractivity contribution in [1.29, 1.82) is 0 Å². The van der Waals surface area contributed by atoms with E-state index in [0.29, 0.717) is 16.5 Å². The highest BCUT2D eigenvalue weighted by Gasteiger charge is 2.42. The summed E-state index contributed by atoms with van der Waals surface area (Å²) in [4.78, 5) is 23.0. The number of methoxy groups -OCH3 is 1. The smallest absolute Gasteiger partial charge is 0.221 e. The lowest BCUT2D eigenvalue weighted by molar-refractivity contribution is -0.114. The minimum absolute atomic E-state index is 0.186. The number of carbonyl (C=O) groups is 1. The molecule has 2 unspecified atom stereocenters. The Morgan fingerprint density at radius 3 is 2.54 bits per heavy atom.